The van der Waals surface area contributed by atoms with Crippen molar-refractivity contribution in [3.05, 3.63) is 36.4 Å². The number of aromatic amines is 2. The number of aromatic nitrogens is 4. The smallest absolute Gasteiger partial charge is 0.147 e. The summed E-state index contributed by atoms with van der Waals surface area (Å²) in [5, 5.41) is 0. The lowest BCUT2D eigenvalue weighted by Gasteiger charge is -1.95. The molecule has 100 valence electrons. The molecule has 0 aliphatic carbocycles. The van der Waals surface area contributed by atoms with Gasteiger partial charge in [0, 0.05) is 37.9 Å². The van der Waals surface area contributed by atoms with Crippen LogP contribution in [0, 0.1) is 0 Å². The highest BCUT2D eigenvalue weighted by Gasteiger charge is 1.90. The van der Waals surface area contributed by atoms with Crippen molar-refractivity contribution in [3.63, 3.8) is 0 Å². The van der Waals surface area contributed by atoms with Crippen molar-refractivity contribution in [1.29, 1.82) is 0 Å². The predicted octanol–water partition coefficient (Wildman–Crippen LogP) is 1.84. The second-order valence-electron chi connectivity index (χ2n) is 4.08. The number of nitrogens with one attached hydrogen (secondary N) is 2. The molecule has 0 atom stereocenters. The Hall–Kier alpha value is -2.24. The number of unbranched alkanes of at least 4 members (excludes halogenated alkanes) is 2. The molecule has 19 heavy (non-hydrogen) atoms. The summed E-state index contributed by atoms with van der Waals surface area (Å²) in [6, 6.07) is 0. The minimum atomic E-state index is 0.808. The van der Waals surface area contributed by atoms with Crippen molar-refractivity contribution in [1.82, 2.24) is 19.9 Å². The predicted molar refractivity (Wildman–Crippen MR) is 75.9 cm³/mol. The van der Waals surface area contributed by atoms with E-state index < -0.39 is 0 Å². The van der Waals surface area contributed by atoms with Gasteiger partial charge < -0.3 is 9.97 Å². The highest BCUT2D eigenvalue weighted by atomic mass is 14.9. The zero-order valence-corrected chi connectivity index (χ0v) is 10.8. The Labute approximate surface area is 112 Å². The van der Waals surface area contributed by atoms with Gasteiger partial charge in [0.25, 0.3) is 0 Å². The second kappa shape index (κ2) is 7.97. The van der Waals surface area contributed by atoms with E-state index in [1.165, 1.54) is 0 Å². The van der Waals surface area contributed by atoms with Crippen LogP contribution >= 0.6 is 0 Å². The summed E-state index contributed by atoms with van der Waals surface area (Å²) in [4.78, 5) is 22.7. The third kappa shape index (κ3) is 5.29. The minimum absolute atomic E-state index is 0.808. The summed E-state index contributed by atoms with van der Waals surface area (Å²) in [5.41, 5.74) is 0. The highest BCUT2D eigenvalue weighted by Crippen LogP contribution is 1.96. The van der Waals surface area contributed by atoms with E-state index in [1.807, 2.05) is 0 Å². The monoisotopic (exact) mass is 258 g/mol. The Kier molecular flexibility index (Phi) is 5.53. The van der Waals surface area contributed by atoms with Crippen molar-refractivity contribution in [3.8, 4) is 0 Å². The number of H-pyrrole nitrogens is 2. The zero-order chi connectivity index (χ0) is 13.2. The third-order valence-corrected chi connectivity index (χ3v) is 2.54. The van der Waals surface area contributed by atoms with Crippen molar-refractivity contribution >= 4 is 12.4 Å². The van der Waals surface area contributed by atoms with E-state index in [0.29, 0.717) is 0 Å². The lowest BCUT2D eigenvalue weighted by atomic mass is 10.2. The number of hydrogen-bond donors (Lipinski definition) is 2. The van der Waals surface area contributed by atoms with Gasteiger partial charge in [0.2, 0.25) is 0 Å². The molecule has 0 amide bonds. The van der Waals surface area contributed by atoms with E-state index in [4.69, 9.17) is 0 Å². The van der Waals surface area contributed by atoms with Crippen molar-refractivity contribution in [2.24, 2.45) is 9.98 Å². The van der Waals surface area contributed by atoms with E-state index in [0.717, 1.165) is 44.0 Å². The van der Waals surface area contributed by atoms with E-state index in [-0.39, 0.29) is 0 Å². The van der Waals surface area contributed by atoms with E-state index >= 15 is 0 Å². The molecule has 0 bridgehead atoms. The quantitative estimate of drug-likeness (QED) is 0.559. The Morgan fingerprint density at radius 2 is 1.37 bits per heavy atom. The topological polar surface area (TPSA) is 82.1 Å². The van der Waals surface area contributed by atoms with E-state index in [9.17, 15) is 0 Å². The van der Waals surface area contributed by atoms with Crippen molar-refractivity contribution in [2.75, 3.05) is 13.1 Å². The van der Waals surface area contributed by atoms with Gasteiger partial charge in [0.15, 0.2) is 0 Å². The number of nitrogens with zero attached hydrogens (tertiary/aromatic N) is 4. The molecule has 0 fully saturated rings. The molecule has 2 aromatic heterocycles. The average Bonchev–Trinajstić information content (AvgIpc) is 3.10. The standard InChI is InChI=1S/C13H18N6/c1(2-4-14-10-12-16-6-7-17-12)3-5-15-11-13-18-8-9-19-13/h6-11H,1-5H2,(H,16,17)(H,18,19). The Morgan fingerprint density at radius 1 is 0.842 bits per heavy atom. The number of hydrogen-bond acceptors (Lipinski definition) is 4. The molecule has 0 saturated heterocycles. The number of rotatable bonds is 8. The molecule has 6 nitrogen and oxygen atoms in total. The zero-order valence-electron chi connectivity index (χ0n) is 10.8. The first-order valence-corrected chi connectivity index (χ1v) is 6.43. The number of aliphatic imine (C=N–C) groups is 2. The maximum absolute atomic E-state index is 4.30. The molecule has 0 radical (unpaired) electrons. The molecule has 0 aliphatic rings. The minimum Gasteiger partial charge on any atom is -0.344 e. The molecule has 6 heteroatoms. The highest BCUT2D eigenvalue weighted by molar-refractivity contribution is 5.74. The van der Waals surface area contributed by atoms with E-state index in [1.54, 1.807) is 37.2 Å². The summed E-state index contributed by atoms with van der Waals surface area (Å²) in [5.74, 6) is 1.62. The molecular formula is C13H18N6. The lowest BCUT2D eigenvalue weighted by Crippen LogP contribution is -1.90. The molecule has 2 rings (SSSR count). The van der Waals surface area contributed by atoms with Gasteiger partial charge in [-0.15, -0.1) is 0 Å². The Morgan fingerprint density at radius 3 is 1.79 bits per heavy atom. The van der Waals surface area contributed by atoms with E-state index in [2.05, 4.69) is 29.9 Å². The largest absolute Gasteiger partial charge is 0.344 e. The summed E-state index contributed by atoms with van der Waals surface area (Å²) < 4.78 is 0. The molecule has 2 aromatic rings. The SMILES string of the molecule is C(=NCCCCCN=Cc1ncc[nH]1)c1ncc[nH]1. The van der Waals surface area contributed by atoms with Gasteiger partial charge in [0.05, 0.1) is 12.4 Å². The maximum atomic E-state index is 4.30. The van der Waals surface area contributed by atoms with Crippen molar-refractivity contribution in [2.45, 2.75) is 19.3 Å². The summed E-state index contributed by atoms with van der Waals surface area (Å²) in [7, 11) is 0. The molecule has 0 saturated carbocycles. The van der Waals surface area contributed by atoms with Gasteiger partial charge in [-0.25, -0.2) is 9.97 Å². The Balaban J connectivity index is 1.48. The third-order valence-electron chi connectivity index (χ3n) is 2.54. The first kappa shape index (κ1) is 13.2. The van der Waals surface area contributed by atoms with Crippen LogP contribution in [0.15, 0.2) is 34.8 Å². The number of imidazole rings is 2. The van der Waals surface area contributed by atoms with Crippen LogP contribution in [-0.2, 0) is 0 Å². The van der Waals surface area contributed by atoms with Crippen LogP contribution < -0.4 is 0 Å². The molecular weight excluding hydrogens is 240 g/mol. The Bertz CT molecular complexity index is 437. The van der Waals surface area contributed by atoms with Crippen LogP contribution in [0.5, 0.6) is 0 Å². The van der Waals surface area contributed by atoms with Gasteiger partial charge in [0.1, 0.15) is 11.6 Å². The molecule has 2 N–H and O–H groups in total. The van der Waals surface area contributed by atoms with Gasteiger partial charge in [-0.1, -0.05) is 0 Å². The summed E-state index contributed by atoms with van der Waals surface area (Å²) in [6.07, 6.45) is 13.9. The van der Waals surface area contributed by atoms with Gasteiger partial charge in [-0.05, 0) is 19.3 Å². The summed E-state index contributed by atoms with van der Waals surface area (Å²) >= 11 is 0. The fourth-order valence-electron chi connectivity index (χ4n) is 1.58. The lowest BCUT2D eigenvalue weighted by molar-refractivity contribution is 0.698. The summed E-state index contributed by atoms with van der Waals surface area (Å²) in [6.45, 7) is 1.67. The van der Waals surface area contributed by atoms with Gasteiger partial charge in [-0.3, -0.25) is 9.98 Å². The second-order valence-corrected chi connectivity index (χ2v) is 4.08. The van der Waals surface area contributed by atoms with Crippen LogP contribution in [-0.4, -0.2) is 45.5 Å². The first-order valence-electron chi connectivity index (χ1n) is 6.43. The fourth-order valence-corrected chi connectivity index (χ4v) is 1.58. The van der Waals surface area contributed by atoms with Crippen LogP contribution in [0.2, 0.25) is 0 Å². The molecule has 0 unspecified atom stereocenters. The van der Waals surface area contributed by atoms with Gasteiger partial charge in [-0.2, -0.15) is 0 Å². The fraction of sp³-hybridized carbons (Fsp3) is 0.385. The average molecular weight is 258 g/mol. The first-order chi connectivity index (χ1) is 9.45. The normalized spacial score (nSPS) is 11.8. The van der Waals surface area contributed by atoms with Crippen LogP contribution in [0.1, 0.15) is 30.9 Å². The van der Waals surface area contributed by atoms with Gasteiger partial charge >= 0.3 is 0 Å². The van der Waals surface area contributed by atoms with Crippen molar-refractivity contribution < 1.29 is 0 Å². The molecule has 2 heterocycles. The molecule has 0 aromatic carbocycles. The molecule has 0 aliphatic heterocycles. The van der Waals surface area contributed by atoms with Crippen LogP contribution in [0.4, 0.5) is 0 Å². The van der Waals surface area contributed by atoms with Crippen LogP contribution in [0.3, 0.4) is 0 Å². The maximum Gasteiger partial charge on any atom is 0.147 e. The molecule has 0 spiro atoms. The van der Waals surface area contributed by atoms with Crippen LogP contribution in [0.25, 0.3) is 0 Å².